The van der Waals surface area contributed by atoms with Crippen LogP contribution in [0.1, 0.15) is 58.9 Å². The van der Waals surface area contributed by atoms with E-state index in [4.69, 9.17) is 0 Å². The van der Waals surface area contributed by atoms with Crippen molar-refractivity contribution in [3.8, 4) is 5.75 Å². The van der Waals surface area contributed by atoms with E-state index in [9.17, 15) is 5.11 Å². The summed E-state index contributed by atoms with van der Waals surface area (Å²) >= 11 is 0. The fraction of sp³-hybridized carbons (Fsp3) is 0.684. The van der Waals surface area contributed by atoms with Gasteiger partial charge in [0.1, 0.15) is 5.75 Å². The molecule has 1 aromatic rings. The lowest BCUT2D eigenvalue weighted by Crippen LogP contribution is -2.37. The molecule has 1 unspecified atom stereocenters. The van der Waals surface area contributed by atoms with Crippen molar-refractivity contribution < 1.29 is 5.11 Å². The number of aromatic hydroxyl groups is 1. The third-order valence-corrected chi connectivity index (χ3v) is 4.38. The van der Waals surface area contributed by atoms with E-state index in [1.807, 2.05) is 0 Å². The molecule has 0 aliphatic heterocycles. The van der Waals surface area contributed by atoms with Gasteiger partial charge in [-0.2, -0.15) is 0 Å². The molecule has 0 bridgehead atoms. The number of rotatable bonds is 10. The van der Waals surface area contributed by atoms with Crippen LogP contribution in [-0.4, -0.2) is 18.2 Å². The van der Waals surface area contributed by atoms with Gasteiger partial charge in [0, 0.05) is 6.54 Å². The van der Waals surface area contributed by atoms with Gasteiger partial charge in [0.05, 0.1) is 0 Å². The van der Waals surface area contributed by atoms with Crippen LogP contribution in [0.25, 0.3) is 0 Å². The van der Waals surface area contributed by atoms with Crippen LogP contribution in [0.5, 0.6) is 5.75 Å². The first-order chi connectivity index (χ1) is 10.0. The van der Waals surface area contributed by atoms with E-state index in [-0.39, 0.29) is 0 Å². The van der Waals surface area contributed by atoms with Crippen molar-refractivity contribution >= 4 is 0 Å². The minimum absolute atomic E-state index is 0.335. The molecule has 120 valence electrons. The molecule has 0 spiro atoms. The number of phenolic OH excluding ortho intramolecular Hbond substituents is 1. The Morgan fingerprint density at radius 2 is 1.81 bits per heavy atom. The molecule has 2 heteroatoms. The molecule has 0 fully saturated rings. The summed E-state index contributed by atoms with van der Waals surface area (Å²) < 4.78 is 0. The van der Waals surface area contributed by atoms with Gasteiger partial charge < -0.3 is 10.4 Å². The van der Waals surface area contributed by atoms with E-state index < -0.39 is 0 Å². The highest BCUT2D eigenvalue weighted by molar-refractivity contribution is 5.26. The Morgan fingerprint density at radius 3 is 2.33 bits per heavy atom. The van der Waals surface area contributed by atoms with Crippen LogP contribution >= 0.6 is 0 Å². The number of phenols is 1. The zero-order valence-electron chi connectivity index (χ0n) is 14.3. The van der Waals surface area contributed by atoms with Gasteiger partial charge in [-0.15, -0.1) is 0 Å². The Morgan fingerprint density at radius 1 is 1.14 bits per heavy atom. The molecule has 0 heterocycles. The van der Waals surface area contributed by atoms with Crippen LogP contribution in [0, 0.1) is 11.3 Å². The van der Waals surface area contributed by atoms with Crippen LogP contribution in [0.3, 0.4) is 0 Å². The molecule has 1 atom stereocenters. The van der Waals surface area contributed by atoms with Crippen molar-refractivity contribution in [2.45, 2.75) is 59.8 Å². The van der Waals surface area contributed by atoms with Gasteiger partial charge in [0.25, 0.3) is 0 Å². The highest BCUT2D eigenvalue weighted by atomic mass is 16.3. The fourth-order valence-corrected chi connectivity index (χ4v) is 2.89. The quantitative estimate of drug-likeness (QED) is 0.651. The molecule has 0 aliphatic carbocycles. The van der Waals surface area contributed by atoms with Crippen molar-refractivity contribution in [3.05, 3.63) is 29.8 Å². The highest BCUT2D eigenvalue weighted by Crippen LogP contribution is 2.33. The summed E-state index contributed by atoms with van der Waals surface area (Å²) in [5, 5.41) is 13.1. The number of nitrogens with one attached hydrogen (secondary N) is 1. The average molecular weight is 291 g/mol. The van der Waals surface area contributed by atoms with E-state index in [0.29, 0.717) is 17.1 Å². The third-order valence-electron chi connectivity index (χ3n) is 4.38. The molecule has 0 aromatic heterocycles. The maximum Gasteiger partial charge on any atom is 0.115 e. The van der Waals surface area contributed by atoms with E-state index in [1.165, 1.54) is 31.2 Å². The largest absolute Gasteiger partial charge is 0.508 e. The van der Waals surface area contributed by atoms with Crippen molar-refractivity contribution in [2.75, 3.05) is 13.1 Å². The summed E-state index contributed by atoms with van der Waals surface area (Å²) in [6.07, 6.45) is 6.09. The first kappa shape index (κ1) is 18.0. The summed E-state index contributed by atoms with van der Waals surface area (Å²) in [6, 6.07) is 7.73. The maximum atomic E-state index is 9.44. The Labute approximate surface area is 131 Å². The van der Waals surface area contributed by atoms with Crippen LogP contribution < -0.4 is 5.32 Å². The normalized spacial score (nSPS) is 14.3. The number of unbranched alkanes of at least 4 members (excludes halogenated alkanes) is 1. The maximum absolute atomic E-state index is 9.44. The molecule has 0 aliphatic rings. The first-order valence-corrected chi connectivity index (χ1v) is 8.50. The lowest BCUT2D eigenvalue weighted by molar-refractivity contribution is 0.226. The minimum Gasteiger partial charge on any atom is -0.508 e. The van der Waals surface area contributed by atoms with Crippen molar-refractivity contribution in [3.63, 3.8) is 0 Å². The molecule has 21 heavy (non-hydrogen) atoms. The fourth-order valence-electron chi connectivity index (χ4n) is 2.89. The summed E-state index contributed by atoms with van der Waals surface area (Å²) in [6.45, 7) is 11.3. The molecule has 0 saturated carbocycles. The van der Waals surface area contributed by atoms with Crippen LogP contribution in [0.2, 0.25) is 0 Å². The van der Waals surface area contributed by atoms with E-state index in [2.05, 4.69) is 45.1 Å². The Bertz CT molecular complexity index is 385. The predicted octanol–water partition coefficient (Wildman–Crippen LogP) is 4.77. The van der Waals surface area contributed by atoms with E-state index >= 15 is 0 Å². The van der Waals surface area contributed by atoms with Gasteiger partial charge in [0.15, 0.2) is 0 Å². The summed E-state index contributed by atoms with van der Waals surface area (Å²) in [5.41, 5.74) is 1.67. The SMILES string of the molecule is CCCCC(CC)(CNCC(C)C)Cc1ccc(O)cc1. The molecule has 0 saturated heterocycles. The second-order valence-corrected chi connectivity index (χ2v) is 6.83. The molecular formula is C19H33NO. The zero-order chi connectivity index (χ0) is 15.7. The Kier molecular flexibility index (Phi) is 7.81. The van der Waals surface area contributed by atoms with Gasteiger partial charge in [-0.05, 0) is 54.8 Å². The second kappa shape index (κ2) is 9.09. The van der Waals surface area contributed by atoms with Gasteiger partial charge >= 0.3 is 0 Å². The van der Waals surface area contributed by atoms with E-state index in [1.54, 1.807) is 12.1 Å². The van der Waals surface area contributed by atoms with Crippen molar-refractivity contribution in [2.24, 2.45) is 11.3 Å². The highest BCUT2D eigenvalue weighted by Gasteiger charge is 2.27. The summed E-state index contributed by atoms with van der Waals surface area (Å²) in [4.78, 5) is 0. The van der Waals surface area contributed by atoms with Crippen LogP contribution in [0.4, 0.5) is 0 Å². The van der Waals surface area contributed by atoms with Crippen molar-refractivity contribution in [1.29, 1.82) is 0 Å². The van der Waals surface area contributed by atoms with Gasteiger partial charge in [-0.3, -0.25) is 0 Å². The van der Waals surface area contributed by atoms with Crippen molar-refractivity contribution in [1.82, 2.24) is 5.32 Å². The van der Waals surface area contributed by atoms with E-state index in [0.717, 1.165) is 19.5 Å². The molecule has 2 nitrogen and oxygen atoms in total. The summed E-state index contributed by atoms with van der Waals surface area (Å²) in [7, 11) is 0. The number of hydrogen-bond donors (Lipinski definition) is 2. The number of benzene rings is 1. The minimum atomic E-state index is 0.335. The standard InChI is InChI=1S/C19H33NO/c1-5-7-12-19(6-2,15-20-14-16(3)4)13-17-8-10-18(21)11-9-17/h8-11,16,20-21H,5-7,12-15H2,1-4H3. The lowest BCUT2D eigenvalue weighted by atomic mass is 9.75. The first-order valence-electron chi connectivity index (χ1n) is 8.50. The third kappa shape index (κ3) is 6.52. The molecule has 1 aromatic carbocycles. The predicted molar refractivity (Wildman–Crippen MR) is 91.8 cm³/mol. The smallest absolute Gasteiger partial charge is 0.115 e. The van der Waals surface area contributed by atoms with Crippen LogP contribution in [0.15, 0.2) is 24.3 Å². The zero-order valence-corrected chi connectivity index (χ0v) is 14.3. The molecule has 0 radical (unpaired) electrons. The Hall–Kier alpha value is -1.02. The van der Waals surface area contributed by atoms with Gasteiger partial charge in [-0.1, -0.05) is 52.7 Å². The molecule has 1 rings (SSSR count). The number of hydrogen-bond acceptors (Lipinski definition) is 2. The molecular weight excluding hydrogens is 258 g/mol. The molecule has 2 N–H and O–H groups in total. The van der Waals surface area contributed by atoms with Crippen LogP contribution in [-0.2, 0) is 6.42 Å². The lowest BCUT2D eigenvalue weighted by Gasteiger charge is -2.34. The molecule has 0 amide bonds. The summed E-state index contributed by atoms with van der Waals surface area (Å²) in [5.74, 6) is 1.05. The van der Waals surface area contributed by atoms with Gasteiger partial charge in [-0.25, -0.2) is 0 Å². The topological polar surface area (TPSA) is 32.3 Å². The average Bonchev–Trinajstić information content (AvgIpc) is 2.46. The van der Waals surface area contributed by atoms with Gasteiger partial charge in [0.2, 0.25) is 0 Å². The second-order valence-electron chi connectivity index (χ2n) is 6.83. The monoisotopic (exact) mass is 291 g/mol. The Balaban J connectivity index is 2.75.